The van der Waals surface area contributed by atoms with Crippen LogP contribution >= 0.6 is 0 Å². The second kappa shape index (κ2) is 23.3. The monoisotopic (exact) mass is 593 g/mol. The lowest BCUT2D eigenvalue weighted by molar-refractivity contribution is -0.701. The average Bonchev–Trinajstić information content (AvgIpc) is 3.46. The normalized spacial score (nSPS) is 16.5. The molecule has 2 atom stereocenters. The van der Waals surface area contributed by atoms with Crippen molar-refractivity contribution in [3.63, 3.8) is 0 Å². The smallest absolute Gasteiger partial charge is 0.420 e. The first-order valence-electron chi connectivity index (χ1n) is 16.5. The van der Waals surface area contributed by atoms with Crippen molar-refractivity contribution in [3.05, 3.63) is 30.1 Å². The Kier molecular flexibility index (Phi) is 19.9. The first-order chi connectivity index (χ1) is 20.6. The number of nitrogens with zero attached hydrogens (tertiary/aromatic N) is 2. The summed E-state index contributed by atoms with van der Waals surface area (Å²) in [5.41, 5.74) is 0.786. The summed E-state index contributed by atoms with van der Waals surface area (Å²) in [5.74, 6) is 0. The first-order valence-corrected chi connectivity index (χ1v) is 16.5. The molecule has 2 unspecified atom stereocenters. The van der Waals surface area contributed by atoms with Crippen LogP contribution in [0.15, 0.2) is 24.4 Å². The van der Waals surface area contributed by atoms with Gasteiger partial charge in [-0.05, 0) is 20.3 Å². The van der Waals surface area contributed by atoms with Gasteiger partial charge in [0.1, 0.15) is 25.8 Å². The van der Waals surface area contributed by atoms with Crippen LogP contribution in [0.4, 0.5) is 9.59 Å². The second-order valence-electron chi connectivity index (χ2n) is 11.0. The summed E-state index contributed by atoms with van der Waals surface area (Å²) in [6, 6.07) is 5.61. The molecule has 240 valence electrons. The third-order valence-corrected chi connectivity index (χ3v) is 7.51. The highest BCUT2D eigenvalue weighted by molar-refractivity contribution is 5.87. The molecule has 0 saturated carbocycles. The number of aryl methyl sites for hydroxylation is 1. The van der Waals surface area contributed by atoms with Gasteiger partial charge in [-0.3, -0.25) is 0 Å². The Labute approximate surface area is 254 Å². The second-order valence-corrected chi connectivity index (χ2v) is 11.0. The molecular weight excluding hydrogens is 536 g/mol. The molecule has 1 saturated heterocycles. The first kappa shape index (κ1) is 36.0. The lowest BCUT2D eigenvalue weighted by Gasteiger charge is -2.20. The number of ether oxygens (including phenoxy) is 5. The number of imide groups is 1. The van der Waals surface area contributed by atoms with Gasteiger partial charge < -0.3 is 23.7 Å². The Balaban J connectivity index is 1.52. The maximum absolute atomic E-state index is 12.8. The lowest BCUT2D eigenvalue weighted by atomic mass is 10.0. The van der Waals surface area contributed by atoms with E-state index in [1.54, 1.807) is 6.92 Å². The number of unbranched alkanes of at least 4 members (excludes halogenated alkanes) is 13. The molecule has 1 fully saturated rings. The molecule has 9 nitrogen and oxygen atoms in total. The molecule has 1 aromatic heterocycles. The number of hydrogen-bond donors (Lipinski definition) is 0. The molecule has 1 aliphatic rings. The van der Waals surface area contributed by atoms with Crippen molar-refractivity contribution < 1.29 is 37.8 Å². The Hall–Kier alpha value is -2.23. The van der Waals surface area contributed by atoms with Crippen LogP contribution in [-0.2, 0) is 36.8 Å². The summed E-state index contributed by atoms with van der Waals surface area (Å²) in [5, 5.41) is 0. The quantitative estimate of drug-likeness (QED) is 0.0970. The number of rotatable bonds is 23. The Bertz CT molecular complexity index is 853. The van der Waals surface area contributed by atoms with Crippen LogP contribution < -0.4 is 4.57 Å². The van der Waals surface area contributed by atoms with E-state index in [2.05, 4.69) is 6.92 Å². The van der Waals surface area contributed by atoms with Gasteiger partial charge in [-0.15, -0.1) is 0 Å². The van der Waals surface area contributed by atoms with Gasteiger partial charge in [0, 0.05) is 18.7 Å². The van der Waals surface area contributed by atoms with E-state index in [1.165, 1.54) is 83.5 Å². The molecular formula is C33H57N2O7+. The number of carbonyl (C=O) groups is 2. The summed E-state index contributed by atoms with van der Waals surface area (Å²) in [4.78, 5) is 26.2. The van der Waals surface area contributed by atoms with E-state index in [4.69, 9.17) is 23.7 Å². The van der Waals surface area contributed by atoms with Crippen LogP contribution in [0.25, 0.3) is 0 Å². The molecule has 2 rings (SSSR count). The average molecular weight is 594 g/mol. The summed E-state index contributed by atoms with van der Waals surface area (Å²) in [7, 11) is 0. The van der Waals surface area contributed by atoms with E-state index >= 15 is 0 Å². The fourth-order valence-electron chi connectivity index (χ4n) is 5.04. The molecule has 0 aromatic carbocycles. The minimum Gasteiger partial charge on any atom is -0.449 e. The van der Waals surface area contributed by atoms with Gasteiger partial charge in [-0.25, -0.2) is 19.1 Å². The van der Waals surface area contributed by atoms with Gasteiger partial charge in [0.15, 0.2) is 12.5 Å². The van der Waals surface area contributed by atoms with E-state index in [0.29, 0.717) is 26.4 Å². The predicted molar refractivity (Wildman–Crippen MR) is 162 cm³/mol. The minimum atomic E-state index is -0.801. The summed E-state index contributed by atoms with van der Waals surface area (Å²) >= 11 is 0. The van der Waals surface area contributed by atoms with Crippen molar-refractivity contribution in [1.82, 2.24) is 4.90 Å². The summed E-state index contributed by atoms with van der Waals surface area (Å²) < 4.78 is 29.6. The van der Waals surface area contributed by atoms with Crippen LogP contribution in [0, 0.1) is 0 Å². The van der Waals surface area contributed by atoms with Crippen molar-refractivity contribution in [1.29, 1.82) is 0 Å². The van der Waals surface area contributed by atoms with Gasteiger partial charge in [0.25, 0.3) is 0 Å². The maximum Gasteiger partial charge on any atom is 0.420 e. The van der Waals surface area contributed by atoms with Crippen molar-refractivity contribution in [2.45, 2.75) is 136 Å². The number of aromatic nitrogens is 1. The van der Waals surface area contributed by atoms with Crippen LogP contribution in [0.3, 0.4) is 0 Å². The third-order valence-electron chi connectivity index (χ3n) is 7.51. The van der Waals surface area contributed by atoms with E-state index in [9.17, 15) is 9.59 Å². The highest BCUT2D eigenvalue weighted by Crippen LogP contribution is 2.15. The zero-order valence-electron chi connectivity index (χ0n) is 26.6. The summed E-state index contributed by atoms with van der Waals surface area (Å²) in [6.45, 7) is 8.27. The topological polar surface area (TPSA) is 87.4 Å². The van der Waals surface area contributed by atoms with Crippen molar-refractivity contribution in [2.24, 2.45) is 0 Å². The molecule has 0 aliphatic carbocycles. The minimum absolute atomic E-state index is 0.0362. The van der Waals surface area contributed by atoms with E-state index in [-0.39, 0.29) is 25.9 Å². The molecule has 2 amide bonds. The van der Waals surface area contributed by atoms with Gasteiger partial charge in [0.05, 0.1) is 19.8 Å². The van der Waals surface area contributed by atoms with Gasteiger partial charge in [-0.1, -0.05) is 96.5 Å². The molecule has 2 heterocycles. The zero-order valence-corrected chi connectivity index (χ0v) is 26.6. The SMILES string of the molecule is CCCCCCCCCCCCCCCCOCC1COC(COC(=O)N(Cc2cccc[n+]2CC)C(=O)OCC)O1. The van der Waals surface area contributed by atoms with Crippen LogP contribution in [-0.4, -0.2) is 62.5 Å². The lowest BCUT2D eigenvalue weighted by Crippen LogP contribution is -2.44. The largest absolute Gasteiger partial charge is 0.449 e. The standard InChI is InChI=1S/C33H57N2O7/c1-4-7-8-9-10-11-12-13-14-15-16-17-18-21-24-38-26-30-27-40-31(42-30)28-41-33(37)35(32(36)39-6-3)25-29-22-19-20-23-34(29)5-2/h19-20,22-23,30-31H,4-18,21,24-28H2,1-3H3/q+1. The van der Waals surface area contributed by atoms with Crippen molar-refractivity contribution in [2.75, 3.05) is 33.0 Å². The number of hydrogen-bond acceptors (Lipinski definition) is 7. The maximum atomic E-state index is 12.8. The van der Waals surface area contributed by atoms with Gasteiger partial charge >= 0.3 is 12.2 Å². The number of amides is 2. The fraction of sp³-hybridized carbons (Fsp3) is 0.788. The molecule has 0 N–H and O–H groups in total. The number of pyridine rings is 1. The molecule has 0 radical (unpaired) electrons. The molecule has 42 heavy (non-hydrogen) atoms. The van der Waals surface area contributed by atoms with E-state index in [0.717, 1.165) is 17.0 Å². The highest BCUT2D eigenvalue weighted by Gasteiger charge is 2.31. The van der Waals surface area contributed by atoms with Crippen LogP contribution in [0.1, 0.15) is 116 Å². The third kappa shape index (κ3) is 15.3. The predicted octanol–water partition coefficient (Wildman–Crippen LogP) is 7.33. The summed E-state index contributed by atoms with van der Waals surface area (Å²) in [6.07, 6.45) is 18.1. The Morgan fingerprint density at radius 2 is 1.45 bits per heavy atom. The number of carbonyl (C=O) groups excluding carboxylic acids is 2. The van der Waals surface area contributed by atoms with Crippen molar-refractivity contribution in [3.8, 4) is 0 Å². The van der Waals surface area contributed by atoms with E-state index in [1.807, 2.05) is 35.9 Å². The fourth-order valence-corrected chi connectivity index (χ4v) is 5.04. The Morgan fingerprint density at radius 1 is 0.833 bits per heavy atom. The highest BCUT2D eigenvalue weighted by atomic mass is 16.7. The van der Waals surface area contributed by atoms with Crippen LogP contribution in [0.5, 0.6) is 0 Å². The van der Waals surface area contributed by atoms with E-state index < -0.39 is 18.5 Å². The Morgan fingerprint density at radius 3 is 2.07 bits per heavy atom. The molecule has 1 aromatic rings. The molecule has 0 bridgehead atoms. The van der Waals surface area contributed by atoms with Gasteiger partial charge in [0.2, 0.25) is 5.69 Å². The molecule has 9 heteroatoms. The van der Waals surface area contributed by atoms with Crippen molar-refractivity contribution >= 4 is 12.2 Å². The zero-order chi connectivity index (χ0) is 30.3. The van der Waals surface area contributed by atoms with Gasteiger partial charge in [-0.2, -0.15) is 0 Å². The molecule has 0 spiro atoms. The molecule has 1 aliphatic heterocycles. The van der Waals surface area contributed by atoms with Crippen LogP contribution in [0.2, 0.25) is 0 Å².